The van der Waals surface area contributed by atoms with Crippen molar-refractivity contribution in [2.45, 2.75) is 30.3 Å². The molecule has 0 bridgehead atoms. The Kier molecular flexibility index (Phi) is 1.15. The van der Waals surface area contributed by atoms with Gasteiger partial charge in [0.2, 0.25) is 0 Å². The molecule has 0 N–H and O–H groups in total. The molecule has 9 heavy (non-hydrogen) atoms. The molecule has 0 spiro atoms. The number of hydrogen-bond donors (Lipinski definition) is 0. The fourth-order valence-corrected chi connectivity index (χ4v) is 2.20. The molecule has 0 aromatic carbocycles. The van der Waals surface area contributed by atoms with Gasteiger partial charge in [-0.3, -0.25) is 4.21 Å². The predicted octanol–water partition coefficient (Wildman–Crippen LogP) is -0.205. The Hall–Kier alpha value is 0.0700. The van der Waals surface area contributed by atoms with E-state index in [2.05, 4.69) is 0 Å². The van der Waals surface area contributed by atoms with Gasteiger partial charge in [0.25, 0.3) is 0 Å². The van der Waals surface area contributed by atoms with E-state index < -0.39 is 11.1 Å². The third-order valence-electron chi connectivity index (χ3n) is 1.97. The van der Waals surface area contributed by atoms with Crippen LogP contribution in [0.3, 0.4) is 0 Å². The van der Waals surface area contributed by atoms with Gasteiger partial charge < -0.3 is 9.29 Å². The van der Waals surface area contributed by atoms with Crippen LogP contribution in [0.5, 0.6) is 0 Å². The Morgan fingerprint density at radius 1 is 1.56 bits per heavy atom. The van der Waals surface area contributed by atoms with Gasteiger partial charge in [-0.05, 0) is 23.9 Å². The highest BCUT2D eigenvalue weighted by atomic mass is 32.2. The number of epoxide rings is 1. The first-order valence-corrected chi connectivity index (χ1v) is 4.16. The molecule has 1 aliphatic heterocycles. The van der Waals surface area contributed by atoms with Crippen LogP contribution in [0.4, 0.5) is 0 Å². The van der Waals surface area contributed by atoms with Gasteiger partial charge in [-0.15, -0.1) is 0 Å². The monoisotopic (exact) mass is 147 g/mol. The summed E-state index contributed by atoms with van der Waals surface area (Å²) in [5, 5.41) is -0.199. The summed E-state index contributed by atoms with van der Waals surface area (Å²) >= 11 is -1.90. The third kappa shape index (κ3) is 0.818. The molecule has 0 aromatic rings. The highest BCUT2D eigenvalue weighted by Crippen LogP contribution is 2.40. The van der Waals surface area contributed by atoms with Gasteiger partial charge in [-0.1, -0.05) is 0 Å². The Balaban J connectivity index is 2.06. The summed E-state index contributed by atoms with van der Waals surface area (Å²) in [6.07, 6.45) is 2.07. The van der Waals surface area contributed by atoms with Gasteiger partial charge >= 0.3 is 0 Å². The average molecular weight is 147 g/mol. The Bertz CT molecular complexity index is 158. The number of fused-ring (bicyclic) bond motifs is 1. The molecule has 1 heterocycles. The molecule has 2 aliphatic rings. The maximum absolute atomic E-state index is 10.4. The summed E-state index contributed by atoms with van der Waals surface area (Å²) in [7, 11) is 0. The summed E-state index contributed by atoms with van der Waals surface area (Å²) in [5.74, 6) is 0. The Labute approximate surface area is 55.7 Å². The zero-order valence-electron chi connectivity index (χ0n) is 4.78. The lowest BCUT2D eigenvalue weighted by molar-refractivity contribution is 0.320. The Morgan fingerprint density at radius 2 is 2.33 bits per heavy atom. The van der Waals surface area contributed by atoms with Gasteiger partial charge in [0.15, 0.2) is 0 Å². The molecule has 0 aromatic heterocycles. The lowest BCUT2D eigenvalue weighted by Gasteiger charge is -2.12. The van der Waals surface area contributed by atoms with Gasteiger partial charge in [0.1, 0.15) is 0 Å². The maximum Gasteiger partial charge on any atom is 0.0973 e. The van der Waals surface area contributed by atoms with Crippen LogP contribution in [-0.2, 0) is 15.8 Å². The Morgan fingerprint density at radius 3 is 2.56 bits per heavy atom. The molecule has 2 rings (SSSR count). The van der Waals surface area contributed by atoms with Crippen molar-refractivity contribution in [3.8, 4) is 0 Å². The van der Waals surface area contributed by atoms with Gasteiger partial charge in [0, 0.05) is 0 Å². The van der Waals surface area contributed by atoms with E-state index in [-0.39, 0.29) is 17.5 Å². The summed E-state index contributed by atoms with van der Waals surface area (Å²) in [6, 6.07) is 0. The summed E-state index contributed by atoms with van der Waals surface area (Å²) < 4.78 is 25.8. The van der Waals surface area contributed by atoms with Crippen LogP contribution < -0.4 is 0 Å². The van der Waals surface area contributed by atoms with Crippen molar-refractivity contribution < 1.29 is 13.5 Å². The largest absolute Gasteiger partial charge is 0.772 e. The lowest BCUT2D eigenvalue weighted by Crippen LogP contribution is -2.17. The molecular weight excluding hydrogens is 140 g/mol. The van der Waals surface area contributed by atoms with E-state index in [1.54, 1.807) is 0 Å². The zero-order chi connectivity index (χ0) is 6.43. The minimum Gasteiger partial charge on any atom is -0.772 e. The second-order valence-corrected chi connectivity index (χ2v) is 3.64. The van der Waals surface area contributed by atoms with Gasteiger partial charge in [-0.25, -0.2) is 0 Å². The summed E-state index contributed by atoms with van der Waals surface area (Å²) in [4.78, 5) is 0. The molecule has 1 saturated heterocycles. The van der Waals surface area contributed by atoms with Crippen LogP contribution in [0, 0.1) is 0 Å². The topological polar surface area (TPSA) is 52.7 Å². The fourth-order valence-electron chi connectivity index (χ4n) is 1.41. The molecule has 4 heteroatoms. The summed E-state index contributed by atoms with van der Waals surface area (Å²) in [5.41, 5.74) is 0. The van der Waals surface area contributed by atoms with Crippen LogP contribution in [0.25, 0.3) is 0 Å². The van der Waals surface area contributed by atoms with E-state index in [9.17, 15) is 8.76 Å². The van der Waals surface area contributed by atoms with Gasteiger partial charge in [0.05, 0.1) is 17.5 Å². The predicted molar refractivity (Wildman–Crippen MR) is 30.6 cm³/mol. The average Bonchev–Trinajstić information content (AvgIpc) is 2.43. The first kappa shape index (κ1) is 5.82. The second-order valence-electron chi connectivity index (χ2n) is 2.52. The van der Waals surface area contributed by atoms with Crippen molar-refractivity contribution in [2.75, 3.05) is 0 Å². The summed E-state index contributed by atoms with van der Waals surface area (Å²) in [6.45, 7) is 0. The molecule has 4 atom stereocenters. The number of rotatable bonds is 1. The smallest absolute Gasteiger partial charge is 0.0973 e. The molecule has 0 amide bonds. The maximum atomic E-state index is 10.4. The van der Waals surface area contributed by atoms with E-state index in [0.29, 0.717) is 0 Å². The standard InChI is InChI=1S/C5H8O3S/c6-9(7)4-2-1-3-5(4)8-3/h3-5H,1-2H2,(H,6,7)/p-1. The molecular formula is C5H7O3S-. The molecule has 0 radical (unpaired) electrons. The molecule has 2 fully saturated rings. The minimum atomic E-state index is -1.90. The number of ether oxygens (including phenoxy) is 1. The second kappa shape index (κ2) is 1.78. The van der Waals surface area contributed by atoms with Crippen molar-refractivity contribution in [1.82, 2.24) is 0 Å². The minimum absolute atomic E-state index is 0.0586. The van der Waals surface area contributed by atoms with Crippen LogP contribution >= 0.6 is 0 Å². The van der Waals surface area contributed by atoms with Gasteiger partial charge in [-0.2, -0.15) is 0 Å². The quantitative estimate of drug-likeness (QED) is 0.381. The molecule has 4 unspecified atom stereocenters. The van der Waals surface area contributed by atoms with Crippen molar-refractivity contribution in [1.29, 1.82) is 0 Å². The van der Waals surface area contributed by atoms with Crippen LogP contribution in [0.15, 0.2) is 0 Å². The third-order valence-corrected chi connectivity index (χ3v) is 2.97. The van der Waals surface area contributed by atoms with E-state index in [4.69, 9.17) is 4.74 Å². The lowest BCUT2D eigenvalue weighted by atomic mass is 10.3. The molecule has 1 saturated carbocycles. The van der Waals surface area contributed by atoms with Crippen molar-refractivity contribution in [3.05, 3.63) is 0 Å². The van der Waals surface area contributed by atoms with E-state index in [1.165, 1.54) is 0 Å². The highest BCUT2D eigenvalue weighted by Gasteiger charge is 2.50. The van der Waals surface area contributed by atoms with Crippen molar-refractivity contribution >= 4 is 11.1 Å². The first-order valence-electron chi connectivity index (χ1n) is 3.02. The van der Waals surface area contributed by atoms with E-state index in [0.717, 1.165) is 12.8 Å². The first-order chi connectivity index (χ1) is 4.29. The molecule has 52 valence electrons. The molecule has 1 aliphatic carbocycles. The van der Waals surface area contributed by atoms with Crippen LogP contribution in [0.2, 0.25) is 0 Å². The van der Waals surface area contributed by atoms with Crippen LogP contribution in [0.1, 0.15) is 12.8 Å². The number of hydrogen-bond acceptors (Lipinski definition) is 3. The van der Waals surface area contributed by atoms with Crippen molar-refractivity contribution in [3.63, 3.8) is 0 Å². The van der Waals surface area contributed by atoms with Crippen LogP contribution in [-0.4, -0.2) is 26.2 Å². The fraction of sp³-hybridized carbons (Fsp3) is 1.00. The highest BCUT2D eigenvalue weighted by molar-refractivity contribution is 7.79. The SMILES string of the molecule is O=S([O-])C1CCC2OC21. The van der Waals surface area contributed by atoms with Crippen molar-refractivity contribution in [2.24, 2.45) is 0 Å². The van der Waals surface area contributed by atoms with E-state index in [1.807, 2.05) is 0 Å². The molecule has 3 nitrogen and oxygen atoms in total. The zero-order valence-corrected chi connectivity index (χ0v) is 5.60. The normalized spacial score (nSPS) is 50.6. The van der Waals surface area contributed by atoms with E-state index >= 15 is 0 Å².